The summed E-state index contributed by atoms with van der Waals surface area (Å²) in [5.41, 5.74) is -0.181. The van der Waals surface area contributed by atoms with Crippen LogP contribution in [0.1, 0.15) is 24.2 Å². The second-order valence-electron chi connectivity index (χ2n) is 5.17. The number of para-hydroxylation sites is 1. The molecule has 0 unspecified atom stereocenters. The highest BCUT2D eigenvalue weighted by atomic mass is 16.5. The molecule has 0 heterocycles. The number of ether oxygens (including phenoxy) is 1. The molecule has 21 heavy (non-hydrogen) atoms. The smallest absolute Gasteiger partial charge is 0.252 e. The maximum atomic E-state index is 12.2. The molecule has 2 aromatic rings. The Morgan fingerprint density at radius 3 is 2.43 bits per heavy atom. The van der Waals surface area contributed by atoms with Gasteiger partial charge in [0.25, 0.3) is 5.91 Å². The van der Waals surface area contributed by atoms with Gasteiger partial charge in [-0.3, -0.25) is 4.79 Å². The second-order valence-corrected chi connectivity index (χ2v) is 5.17. The third-order valence-electron chi connectivity index (χ3n) is 2.86. The maximum absolute atomic E-state index is 12.2. The Kier molecular flexibility index (Phi) is 4.30. The first-order chi connectivity index (χ1) is 10.00. The van der Waals surface area contributed by atoms with Crippen LogP contribution < -0.4 is 10.1 Å². The average molecular weight is 279 g/mol. The third-order valence-corrected chi connectivity index (χ3v) is 2.86. The van der Waals surface area contributed by atoms with Gasteiger partial charge in [-0.05, 0) is 44.2 Å². The van der Waals surface area contributed by atoms with Crippen LogP contribution in [0.3, 0.4) is 0 Å². The molecule has 0 spiro atoms. The number of benzene rings is 2. The van der Waals surface area contributed by atoms with Gasteiger partial charge in [-0.1, -0.05) is 30.2 Å². The molecule has 2 rings (SSSR count). The Labute approximate surface area is 125 Å². The van der Waals surface area contributed by atoms with Gasteiger partial charge in [0.05, 0.1) is 5.54 Å². The van der Waals surface area contributed by atoms with Crippen molar-refractivity contribution in [3.63, 3.8) is 0 Å². The molecule has 0 atom stereocenters. The lowest BCUT2D eigenvalue weighted by molar-refractivity contribution is 0.0929. The number of terminal acetylenes is 1. The van der Waals surface area contributed by atoms with Crippen molar-refractivity contribution in [1.82, 2.24) is 5.32 Å². The van der Waals surface area contributed by atoms with E-state index < -0.39 is 5.54 Å². The minimum atomic E-state index is -0.687. The zero-order valence-electron chi connectivity index (χ0n) is 12.1. The van der Waals surface area contributed by atoms with Crippen LogP contribution >= 0.6 is 0 Å². The van der Waals surface area contributed by atoms with Crippen LogP contribution in [0.2, 0.25) is 0 Å². The van der Waals surface area contributed by atoms with E-state index in [1.807, 2.05) is 30.3 Å². The fourth-order valence-electron chi connectivity index (χ4n) is 1.72. The van der Waals surface area contributed by atoms with Crippen LogP contribution in [-0.4, -0.2) is 11.4 Å². The normalized spacial score (nSPS) is 10.5. The molecule has 0 fully saturated rings. The summed E-state index contributed by atoms with van der Waals surface area (Å²) >= 11 is 0. The molecule has 0 aliphatic rings. The number of carbonyl (C=O) groups is 1. The molecule has 1 amide bonds. The Bertz CT molecular complexity index is 669. The molecule has 3 nitrogen and oxygen atoms in total. The first-order valence-electron chi connectivity index (χ1n) is 6.63. The van der Waals surface area contributed by atoms with Gasteiger partial charge in [0.2, 0.25) is 0 Å². The van der Waals surface area contributed by atoms with E-state index in [-0.39, 0.29) is 5.91 Å². The molecule has 0 saturated heterocycles. The van der Waals surface area contributed by atoms with Gasteiger partial charge in [0.15, 0.2) is 0 Å². The number of hydrogen-bond acceptors (Lipinski definition) is 2. The summed E-state index contributed by atoms with van der Waals surface area (Å²) < 4.78 is 5.71. The predicted octanol–water partition coefficient (Wildman–Crippen LogP) is 3.62. The number of hydrogen-bond donors (Lipinski definition) is 1. The first kappa shape index (κ1) is 14.7. The Hall–Kier alpha value is -2.73. The van der Waals surface area contributed by atoms with Crippen molar-refractivity contribution >= 4 is 5.91 Å². The summed E-state index contributed by atoms with van der Waals surface area (Å²) in [5, 5.41) is 2.78. The van der Waals surface area contributed by atoms with E-state index in [9.17, 15) is 4.79 Å². The molecule has 0 bridgehead atoms. The predicted molar refractivity (Wildman–Crippen MR) is 83.3 cm³/mol. The molecule has 0 aliphatic heterocycles. The molecule has 0 aliphatic carbocycles. The van der Waals surface area contributed by atoms with Crippen LogP contribution in [0.25, 0.3) is 0 Å². The van der Waals surface area contributed by atoms with Gasteiger partial charge in [-0.25, -0.2) is 0 Å². The minimum absolute atomic E-state index is 0.225. The topological polar surface area (TPSA) is 38.3 Å². The number of carbonyl (C=O) groups excluding carboxylic acids is 1. The highest BCUT2D eigenvalue weighted by Gasteiger charge is 2.18. The lowest BCUT2D eigenvalue weighted by Crippen LogP contribution is -2.42. The van der Waals surface area contributed by atoms with E-state index in [1.165, 1.54) is 0 Å². The fourth-order valence-corrected chi connectivity index (χ4v) is 1.72. The lowest BCUT2D eigenvalue weighted by atomic mass is 10.1. The summed E-state index contributed by atoms with van der Waals surface area (Å²) in [6, 6.07) is 16.4. The number of nitrogens with one attached hydrogen (secondary N) is 1. The van der Waals surface area contributed by atoms with Crippen molar-refractivity contribution in [2.45, 2.75) is 19.4 Å². The van der Waals surface area contributed by atoms with Crippen LogP contribution in [0.4, 0.5) is 0 Å². The van der Waals surface area contributed by atoms with Crippen molar-refractivity contribution in [1.29, 1.82) is 0 Å². The van der Waals surface area contributed by atoms with Crippen molar-refractivity contribution < 1.29 is 9.53 Å². The molecule has 3 heteroatoms. The standard InChI is InChI=1S/C18H17NO2/c1-4-18(2,3)19-17(20)14-9-8-12-16(13-14)21-15-10-6-5-7-11-15/h1,5-13H,2-3H3,(H,19,20). The Balaban J connectivity index is 2.15. The largest absolute Gasteiger partial charge is 0.457 e. The minimum Gasteiger partial charge on any atom is -0.457 e. The summed E-state index contributed by atoms with van der Waals surface area (Å²) in [7, 11) is 0. The SMILES string of the molecule is C#CC(C)(C)NC(=O)c1cccc(Oc2ccccc2)c1. The summed E-state index contributed by atoms with van der Waals surface area (Å²) in [6.07, 6.45) is 5.38. The molecule has 0 saturated carbocycles. The van der Waals surface area contributed by atoms with E-state index in [0.29, 0.717) is 11.3 Å². The van der Waals surface area contributed by atoms with Gasteiger partial charge >= 0.3 is 0 Å². The van der Waals surface area contributed by atoms with Crippen LogP contribution in [0.15, 0.2) is 54.6 Å². The van der Waals surface area contributed by atoms with Gasteiger partial charge in [-0.2, -0.15) is 0 Å². The quantitative estimate of drug-likeness (QED) is 0.868. The molecule has 0 aromatic heterocycles. The first-order valence-corrected chi connectivity index (χ1v) is 6.63. The Morgan fingerprint density at radius 2 is 1.76 bits per heavy atom. The molecular formula is C18H17NO2. The van der Waals surface area contributed by atoms with Gasteiger partial charge in [0.1, 0.15) is 11.5 Å². The average Bonchev–Trinajstić information content (AvgIpc) is 2.48. The van der Waals surface area contributed by atoms with Crippen LogP contribution in [0, 0.1) is 12.3 Å². The second kappa shape index (κ2) is 6.15. The molecule has 106 valence electrons. The third kappa shape index (κ3) is 4.12. The summed E-state index contributed by atoms with van der Waals surface area (Å²) in [6.45, 7) is 3.55. The van der Waals surface area contributed by atoms with Crippen molar-refractivity contribution in [2.75, 3.05) is 0 Å². The van der Waals surface area contributed by atoms with Crippen LogP contribution in [-0.2, 0) is 0 Å². The Morgan fingerprint density at radius 1 is 1.10 bits per heavy atom. The van der Waals surface area contributed by atoms with Crippen molar-refractivity contribution in [3.05, 3.63) is 60.2 Å². The highest BCUT2D eigenvalue weighted by molar-refractivity contribution is 5.95. The van der Waals surface area contributed by atoms with Crippen molar-refractivity contribution in [3.8, 4) is 23.8 Å². The monoisotopic (exact) mass is 279 g/mol. The zero-order chi connectivity index (χ0) is 15.3. The van der Waals surface area contributed by atoms with Gasteiger partial charge in [0, 0.05) is 5.56 Å². The molecule has 0 radical (unpaired) electrons. The van der Waals surface area contributed by atoms with Gasteiger partial charge in [-0.15, -0.1) is 6.42 Å². The van der Waals surface area contributed by atoms with Gasteiger partial charge < -0.3 is 10.1 Å². The number of amides is 1. The van der Waals surface area contributed by atoms with E-state index in [2.05, 4.69) is 11.2 Å². The lowest BCUT2D eigenvalue weighted by Gasteiger charge is -2.19. The molecular weight excluding hydrogens is 262 g/mol. The van der Waals surface area contributed by atoms with E-state index in [4.69, 9.17) is 11.2 Å². The van der Waals surface area contributed by atoms with E-state index >= 15 is 0 Å². The van der Waals surface area contributed by atoms with Crippen molar-refractivity contribution in [2.24, 2.45) is 0 Å². The summed E-state index contributed by atoms with van der Waals surface area (Å²) in [5.74, 6) is 3.63. The maximum Gasteiger partial charge on any atom is 0.252 e. The fraction of sp³-hybridized carbons (Fsp3) is 0.167. The zero-order valence-corrected chi connectivity index (χ0v) is 12.1. The van der Waals surface area contributed by atoms with E-state index in [0.717, 1.165) is 5.75 Å². The summed E-state index contributed by atoms with van der Waals surface area (Å²) in [4.78, 5) is 12.2. The highest BCUT2D eigenvalue weighted by Crippen LogP contribution is 2.22. The van der Waals surface area contributed by atoms with E-state index in [1.54, 1.807) is 38.1 Å². The number of rotatable bonds is 4. The molecule has 2 aromatic carbocycles. The molecule has 1 N–H and O–H groups in total. The van der Waals surface area contributed by atoms with Crippen LogP contribution in [0.5, 0.6) is 11.5 Å².